The summed E-state index contributed by atoms with van der Waals surface area (Å²) in [5, 5.41) is 3.49. The fraction of sp³-hybridized carbons (Fsp3) is 0.688. The summed E-state index contributed by atoms with van der Waals surface area (Å²) in [6.07, 6.45) is 9.31. The molecule has 0 aliphatic heterocycles. The van der Waals surface area contributed by atoms with Crippen molar-refractivity contribution in [3.8, 4) is 0 Å². The SMILES string of the molecule is CCCCCCC(C)Nc1ccc(=O)n(CCC)c1. The summed E-state index contributed by atoms with van der Waals surface area (Å²) in [4.78, 5) is 11.6. The molecule has 1 unspecified atom stereocenters. The Bertz CT molecular complexity index is 411. The molecule has 19 heavy (non-hydrogen) atoms. The van der Waals surface area contributed by atoms with E-state index in [9.17, 15) is 4.79 Å². The standard InChI is InChI=1S/C16H28N2O/c1-4-6-7-8-9-14(3)17-15-10-11-16(19)18(13-15)12-5-2/h10-11,13-14,17H,4-9,12H2,1-3H3. The summed E-state index contributed by atoms with van der Waals surface area (Å²) < 4.78 is 1.78. The zero-order valence-electron chi connectivity index (χ0n) is 12.6. The molecule has 1 rings (SSSR count). The smallest absolute Gasteiger partial charge is 0.250 e. The summed E-state index contributed by atoms with van der Waals surface area (Å²) >= 11 is 0. The molecule has 1 N–H and O–H groups in total. The zero-order valence-corrected chi connectivity index (χ0v) is 12.6. The van der Waals surface area contributed by atoms with Gasteiger partial charge in [-0.25, -0.2) is 0 Å². The normalized spacial score (nSPS) is 12.4. The maximum Gasteiger partial charge on any atom is 0.250 e. The van der Waals surface area contributed by atoms with E-state index in [0.717, 1.165) is 18.7 Å². The van der Waals surface area contributed by atoms with Crippen LogP contribution in [0.25, 0.3) is 0 Å². The highest BCUT2D eigenvalue weighted by Crippen LogP contribution is 2.11. The van der Waals surface area contributed by atoms with E-state index in [4.69, 9.17) is 0 Å². The Labute approximate surface area is 117 Å². The Kier molecular flexibility index (Phi) is 7.31. The van der Waals surface area contributed by atoms with Gasteiger partial charge in [-0.3, -0.25) is 4.79 Å². The van der Waals surface area contributed by atoms with Crippen LogP contribution in [0.2, 0.25) is 0 Å². The van der Waals surface area contributed by atoms with Crippen molar-refractivity contribution in [3.05, 3.63) is 28.7 Å². The van der Waals surface area contributed by atoms with Crippen molar-refractivity contribution in [3.63, 3.8) is 0 Å². The molecule has 3 nitrogen and oxygen atoms in total. The van der Waals surface area contributed by atoms with Crippen LogP contribution >= 0.6 is 0 Å². The van der Waals surface area contributed by atoms with E-state index in [2.05, 4.69) is 26.1 Å². The molecule has 108 valence electrons. The predicted octanol–water partition coefficient (Wildman–Crippen LogP) is 4.03. The van der Waals surface area contributed by atoms with E-state index in [1.165, 1.54) is 32.1 Å². The van der Waals surface area contributed by atoms with Crippen LogP contribution in [0.15, 0.2) is 23.1 Å². The molecule has 0 fully saturated rings. The van der Waals surface area contributed by atoms with Gasteiger partial charge in [0.2, 0.25) is 0 Å². The molecule has 0 bridgehead atoms. The third kappa shape index (κ3) is 5.95. The summed E-state index contributed by atoms with van der Waals surface area (Å²) in [6.45, 7) is 7.32. The molecule has 3 heteroatoms. The van der Waals surface area contributed by atoms with Crippen molar-refractivity contribution in [2.24, 2.45) is 0 Å². The number of hydrogen-bond acceptors (Lipinski definition) is 2. The Morgan fingerprint density at radius 2 is 1.95 bits per heavy atom. The first-order valence-electron chi connectivity index (χ1n) is 7.64. The van der Waals surface area contributed by atoms with Crippen LogP contribution < -0.4 is 10.9 Å². The topological polar surface area (TPSA) is 34.0 Å². The fourth-order valence-electron chi connectivity index (χ4n) is 2.27. The van der Waals surface area contributed by atoms with E-state index in [0.29, 0.717) is 6.04 Å². The van der Waals surface area contributed by atoms with Gasteiger partial charge in [0.05, 0.1) is 5.69 Å². The van der Waals surface area contributed by atoms with Gasteiger partial charge in [-0.1, -0.05) is 39.5 Å². The first-order chi connectivity index (χ1) is 9.17. The Morgan fingerprint density at radius 1 is 1.16 bits per heavy atom. The Morgan fingerprint density at radius 3 is 2.63 bits per heavy atom. The van der Waals surface area contributed by atoms with Crippen molar-refractivity contribution in [1.29, 1.82) is 0 Å². The van der Waals surface area contributed by atoms with Gasteiger partial charge in [-0.05, 0) is 25.8 Å². The van der Waals surface area contributed by atoms with E-state index < -0.39 is 0 Å². The average molecular weight is 264 g/mol. The fourth-order valence-corrected chi connectivity index (χ4v) is 2.27. The molecule has 0 saturated carbocycles. The molecule has 0 amide bonds. The predicted molar refractivity (Wildman–Crippen MR) is 82.8 cm³/mol. The highest BCUT2D eigenvalue weighted by Gasteiger charge is 2.03. The minimum Gasteiger partial charge on any atom is -0.381 e. The highest BCUT2D eigenvalue weighted by atomic mass is 16.1. The average Bonchev–Trinajstić information content (AvgIpc) is 2.39. The van der Waals surface area contributed by atoms with Crippen LogP contribution in [0.1, 0.15) is 59.3 Å². The highest BCUT2D eigenvalue weighted by molar-refractivity contribution is 5.41. The van der Waals surface area contributed by atoms with Gasteiger partial charge in [-0.15, -0.1) is 0 Å². The van der Waals surface area contributed by atoms with Gasteiger partial charge >= 0.3 is 0 Å². The summed E-state index contributed by atoms with van der Waals surface area (Å²) in [6, 6.07) is 4.00. The number of hydrogen-bond donors (Lipinski definition) is 1. The molecular formula is C16H28N2O. The second kappa shape index (κ2) is 8.78. The molecule has 0 aliphatic carbocycles. The second-order valence-corrected chi connectivity index (χ2v) is 5.34. The maximum absolute atomic E-state index is 11.6. The lowest BCUT2D eigenvalue weighted by molar-refractivity contribution is 0.592. The zero-order chi connectivity index (χ0) is 14.1. The van der Waals surface area contributed by atoms with Crippen LogP contribution in [-0.2, 0) is 6.54 Å². The number of aromatic nitrogens is 1. The van der Waals surface area contributed by atoms with E-state index in [-0.39, 0.29) is 5.56 Å². The molecule has 1 aromatic heterocycles. The number of aryl methyl sites for hydroxylation is 1. The quantitative estimate of drug-likeness (QED) is 0.683. The van der Waals surface area contributed by atoms with Crippen molar-refractivity contribution in [1.82, 2.24) is 4.57 Å². The van der Waals surface area contributed by atoms with Gasteiger partial charge < -0.3 is 9.88 Å². The van der Waals surface area contributed by atoms with E-state index >= 15 is 0 Å². The van der Waals surface area contributed by atoms with Gasteiger partial charge in [0.1, 0.15) is 0 Å². The lowest BCUT2D eigenvalue weighted by atomic mass is 10.1. The van der Waals surface area contributed by atoms with Gasteiger partial charge in [0.25, 0.3) is 5.56 Å². The van der Waals surface area contributed by atoms with Crippen molar-refractivity contribution in [2.45, 2.75) is 71.9 Å². The molecule has 0 spiro atoms. The monoisotopic (exact) mass is 264 g/mol. The number of pyridine rings is 1. The largest absolute Gasteiger partial charge is 0.381 e. The molecule has 0 aliphatic rings. The third-order valence-corrected chi connectivity index (χ3v) is 3.35. The van der Waals surface area contributed by atoms with Crippen molar-refractivity contribution < 1.29 is 0 Å². The lowest BCUT2D eigenvalue weighted by Gasteiger charge is -2.16. The Hall–Kier alpha value is -1.25. The molecule has 1 heterocycles. The number of nitrogens with zero attached hydrogens (tertiary/aromatic N) is 1. The molecule has 1 aromatic rings. The van der Waals surface area contributed by atoms with E-state index in [1.54, 1.807) is 10.6 Å². The number of anilines is 1. The molecule has 0 aromatic carbocycles. The van der Waals surface area contributed by atoms with Crippen LogP contribution in [0, 0.1) is 0 Å². The van der Waals surface area contributed by atoms with Gasteiger partial charge in [0, 0.05) is 24.8 Å². The maximum atomic E-state index is 11.6. The van der Waals surface area contributed by atoms with Crippen LogP contribution in [-0.4, -0.2) is 10.6 Å². The lowest BCUT2D eigenvalue weighted by Crippen LogP contribution is -2.21. The summed E-state index contributed by atoms with van der Waals surface area (Å²) in [5.41, 5.74) is 1.14. The minimum absolute atomic E-state index is 0.0861. The molecule has 1 atom stereocenters. The summed E-state index contributed by atoms with van der Waals surface area (Å²) in [5.74, 6) is 0. The Balaban J connectivity index is 2.47. The van der Waals surface area contributed by atoms with Crippen LogP contribution in [0.4, 0.5) is 5.69 Å². The van der Waals surface area contributed by atoms with E-state index in [1.807, 2.05) is 12.3 Å². The summed E-state index contributed by atoms with van der Waals surface area (Å²) in [7, 11) is 0. The van der Waals surface area contributed by atoms with Gasteiger partial charge in [0.15, 0.2) is 0 Å². The van der Waals surface area contributed by atoms with Crippen molar-refractivity contribution >= 4 is 5.69 Å². The first kappa shape index (κ1) is 15.8. The van der Waals surface area contributed by atoms with Gasteiger partial charge in [-0.2, -0.15) is 0 Å². The molecular weight excluding hydrogens is 236 g/mol. The van der Waals surface area contributed by atoms with Crippen LogP contribution in [0.5, 0.6) is 0 Å². The molecule has 0 saturated heterocycles. The second-order valence-electron chi connectivity index (χ2n) is 5.34. The number of rotatable bonds is 9. The number of unbranched alkanes of at least 4 members (excludes halogenated alkanes) is 3. The number of nitrogens with one attached hydrogen (secondary N) is 1. The molecule has 0 radical (unpaired) electrons. The minimum atomic E-state index is 0.0861. The van der Waals surface area contributed by atoms with Crippen LogP contribution in [0.3, 0.4) is 0 Å². The van der Waals surface area contributed by atoms with Crippen molar-refractivity contribution in [2.75, 3.05) is 5.32 Å². The first-order valence-corrected chi connectivity index (χ1v) is 7.64. The third-order valence-electron chi connectivity index (χ3n) is 3.35.